The Hall–Kier alpha value is -1.10. The number of halogens is 1. The predicted molar refractivity (Wildman–Crippen MR) is 86.5 cm³/mol. The zero-order valence-electron chi connectivity index (χ0n) is 13.1. The predicted octanol–water partition coefficient (Wildman–Crippen LogP) is 3.12. The SMILES string of the molecule is CC(C)C(O)C(C)(C)CNCc1c(Cl)nc2ccccn12. The lowest BCUT2D eigenvalue weighted by molar-refractivity contribution is 0.0134. The number of hydrogen-bond acceptors (Lipinski definition) is 3. The molecule has 4 nitrogen and oxygen atoms in total. The molecule has 0 aliphatic carbocycles. The molecule has 1 atom stereocenters. The van der Waals surface area contributed by atoms with E-state index in [0.29, 0.717) is 18.2 Å². The lowest BCUT2D eigenvalue weighted by Gasteiger charge is -2.33. The maximum absolute atomic E-state index is 10.3. The molecule has 21 heavy (non-hydrogen) atoms. The van der Waals surface area contributed by atoms with Crippen LogP contribution in [0.2, 0.25) is 5.15 Å². The molecule has 0 aliphatic heterocycles. The molecular weight excluding hydrogens is 286 g/mol. The molecule has 0 amide bonds. The van der Waals surface area contributed by atoms with Crippen molar-refractivity contribution in [2.75, 3.05) is 6.54 Å². The molecule has 116 valence electrons. The minimum atomic E-state index is -0.345. The van der Waals surface area contributed by atoms with Gasteiger partial charge in [-0.1, -0.05) is 45.4 Å². The largest absolute Gasteiger partial charge is 0.392 e. The van der Waals surface area contributed by atoms with Crippen molar-refractivity contribution in [3.05, 3.63) is 35.2 Å². The number of aliphatic hydroxyl groups excluding tert-OH is 1. The Balaban J connectivity index is 2.04. The third-order valence-electron chi connectivity index (χ3n) is 3.89. The summed E-state index contributed by atoms with van der Waals surface area (Å²) >= 11 is 6.21. The third-order valence-corrected chi connectivity index (χ3v) is 4.19. The zero-order valence-corrected chi connectivity index (χ0v) is 13.9. The van der Waals surface area contributed by atoms with E-state index in [1.54, 1.807) is 0 Å². The van der Waals surface area contributed by atoms with Gasteiger partial charge in [-0.15, -0.1) is 0 Å². The van der Waals surface area contributed by atoms with Crippen molar-refractivity contribution in [3.8, 4) is 0 Å². The van der Waals surface area contributed by atoms with Gasteiger partial charge in [-0.3, -0.25) is 0 Å². The average Bonchev–Trinajstić information content (AvgIpc) is 2.74. The van der Waals surface area contributed by atoms with E-state index in [-0.39, 0.29) is 17.4 Å². The molecule has 2 aromatic rings. The van der Waals surface area contributed by atoms with Gasteiger partial charge in [0.05, 0.1) is 11.8 Å². The van der Waals surface area contributed by atoms with Crippen LogP contribution in [0.3, 0.4) is 0 Å². The second-order valence-electron chi connectivity index (χ2n) is 6.56. The lowest BCUT2D eigenvalue weighted by atomic mass is 9.81. The maximum Gasteiger partial charge on any atom is 0.152 e. The summed E-state index contributed by atoms with van der Waals surface area (Å²) in [6, 6.07) is 5.83. The first kappa shape index (κ1) is 16.3. The fourth-order valence-corrected chi connectivity index (χ4v) is 2.93. The molecule has 0 spiro atoms. The van der Waals surface area contributed by atoms with Crippen LogP contribution in [0.5, 0.6) is 0 Å². The summed E-state index contributed by atoms with van der Waals surface area (Å²) in [7, 11) is 0. The summed E-state index contributed by atoms with van der Waals surface area (Å²) in [5, 5.41) is 14.2. The highest BCUT2D eigenvalue weighted by molar-refractivity contribution is 6.30. The number of aromatic nitrogens is 2. The quantitative estimate of drug-likeness (QED) is 0.862. The number of pyridine rings is 1. The van der Waals surface area contributed by atoms with E-state index in [0.717, 1.165) is 11.3 Å². The molecule has 0 radical (unpaired) electrons. The highest BCUT2D eigenvalue weighted by Gasteiger charge is 2.29. The van der Waals surface area contributed by atoms with Crippen molar-refractivity contribution in [1.29, 1.82) is 0 Å². The van der Waals surface area contributed by atoms with Crippen LogP contribution in [0.25, 0.3) is 5.65 Å². The Morgan fingerprint density at radius 3 is 2.76 bits per heavy atom. The fourth-order valence-electron chi connectivity index (χ4n) is 2.69. The third kappa shape index (κ3) is 3.57. The van der Waals surface area contributed by atoms with E-state index in [2.05, 4.69) is 24.1 Å². The first-order valence-electron chi connectivity index (χ1n) is 7.33. The van der Waals surface area contributed by atoms with E-state index < -0.39 is 0 Å². The van der Waals surface area contributed by atoms with E-state index in [9.17, 15) is 5.11 Å². The standard InChI is InChI=1S/C16H24ClN3O/c1-11(2)14(21)16(3,4)10-18-9-12-15(17)19-13-7-5-6-8-20(12)13/h5-8,11,14,18,21H,9-10H2,1-4H3. The van der Waals surface area contributed by atoms with Crippen LogP contribution < -0.4 is 5.32 Å². The van der Waals surface area contributed by atoms with Crippen LogP contribution in [0, 0.1) is 11.3 Å². The molecule has 0 bridgehead atoms. The summed E-state index contributed by atoms with van der Waals surface area (Å²) in [5.74, 6) is 0.237. The molecule has 0 aromatic carbocycles. The zero-order chi connectivity index (χ0) is 15.6. The normalized spacial score (nSPS) is 14.0. The van der Waals surface area contributed by atoms with Crippen LogP contribution in [0.15, 0.2) is 24.4 Å². The fraction of sp³-hybridized carbons (Fsp3) is 0.562. The summed E-state index contributed by atoms with van der Waals surface area (Å²) in [5.41, 5.74) is 1.60. The molecule has 0 saturated carbocycles. The minimum Gasteiger partial charge on any atom is -0.392 e. The van der Waals surface area contributed by atoms with Crippen molar-refractivity contribution in [2.45, 2.75) is 40.3 Å². The molecule has 0 saturated heterocycles. The number of nitrogens with one attached hydrogen (secondary N) is 1. The van der Waals surface area contributed by atoms with Gasteiger partial charge in [-0.25, -0.2) is 4.98 Å². The van der Waals surface area contributed by atoms with Gasteiger partial charge in [0, 0.05) is 24.7 Å². The Labute approximate surface area is 131 Å². The van der Waals surface area contributed by atoms with Gasteiger partial charge in [0.25, 0.3) is 0 Å². The number of rotatable bonds is 6. The topological polar surface area (TPSA) is 49.6 Å². The van der Waals surface area contributed by atoms with Crippen molar-refractivity contribution in [3.63, 3.8) is 0 Å². The number of imidazole rings is 1. The Morgan fingerprint density at radius 1 is 1.38 bits per heavy atom. The van der Waals surface area contributed by atoms with Crippen LogP contribution >= 0.6 is 11.6 Å². The molecule has 2 rings (SSSR count). The van der Waals surface area contributed by atoms with Crippen molar-refractivity contribution >= 4 is 17.2 Å². The molecular formula is C16H24ClN3O. The van der Waals surface area contributed by atoms with Gasteiger partial charge in [-0.05, 0) is 18.1 Å². The lowest BCUT2D eigenvalue weighted by Crippen LogP contribution is -2.41. The molecule has 2 heterocycles. The van der Waals surface area contributed by atoms with Crippen LogP contribution in [-0.2, 0) is 6.54 Å². The molecule has 1 unspecified atom stereocenters. The van der Waals surface area contributed by atoms with Crippen LogP contribution in [0.4, 0.5) is 0 Å². The van der Waals surface area contributed by atoms with Gasteiger partial charge < -0.3 is 14.8 Å². The van der Waals surface area contributed by atoms with Gasteiger partial charge in [0.1, 0.15) is 5.65 Å². The van der Waals surface area contributed by atoms with Gasteiger partial charge in [0.15, 0.2) is 5.15 Å². The van der Waals surface area contributed by atoms with E-state index in [4.69, 9.17) is 11.6 Å². The average molecular weight is 310 g/mol. The van der Waals surface area contributed by atoms with Crippen molar-refractivity contribution in [1.82, 2.24) is 14.7 Å². The van der Waals surface area contributed by atoms with E-state index in [1.807, 2.05) is 42.6 Å². The van der Waals surface area contributed by atoms with Gasteiger partial charge in [0.2, 0.25) is 0 Å². The molecule has 5 heteroatoms. The summed E-state index contributed by atoms with van der Waals surface area (Å²) in [6.45, 7) is 9.55. The second-order valence-corrected chi connectivity index (χ2v) is 6.92. The summed E-state index contributed by atoms with van der Waals surface area (Å²) in [4.78, 5) is 4.33. The number of aliphatic hydroxyl groups is 1. The molecule has 0 fully saturated rings. The van der Waals surface area contributed by atoms with Crippen molar-refractivity contribution < 1.29 is 5.11 Å². The van der Waals surface area contributed by atoms with E-state index >= 15 is 0 Å². The summed E-state index contributed by atoms with van der Waals surface area (Å²) in [6.07, 6.45) is 1.61. The van der Waals surface area contributed by atoms with Gasteiger partial charge in [-0.2, -0.15) is 0 Å². The molecule has 0 aliphatic rings. The summed E-state index contributed by atoms with van der Waals surface area (Å²) < 4.78 is 1.99. The number of nitrogens with zero attached hydrogens (tertiary/aromatic N) is 2. The number of fused-ring (bicyclic) bond motifs is 1. The molecule has 2 aromatic heterocycles. The second kappa shape index (κ2) is 6.34. The Morgan fingerprint density at radius 2 is 2.10 bits per heavy atom. The molecule has 2 N–H and O–H groups in total. The van der Waals surface area contributed by atoms with Gasteiger partial charge >= 0.3 is 0 Å². The highest BCUT2D eigenvalue weighted by atomic mass is 35.5. The van der Waals surface area contributed by atoms with Crippen LogP contribution in [0.1, 0.15) is 33.4 Å². The first-order chi connectivity index (χ1) is 9.83. The Kier molecular flexibility index (Phi) is 4.91. The highest BCUT2D eigenvalue weighted by Crippen LogP contribution is 2.25. The smallest absolute Gasteiger partial charge is 0.152 e. The Bertz CT molecular complexity index is 607. The van der Waals surface area contributed by atoms with Crippen molar-refractivity contribution in [2.24, 2.45) is 11.3 Å². The number of hydrogen-bond donors (Lipinski definition) is 2. The monoisotopic (exact) mass is 309 g/mol. The van der Waals surface area contributed by atoms with E-state index in [1.165, 1.54) is 0 Å². The van der Waals surface area contributed by atoms with Crippen LogP contribution in [-0.4, -0.2) is 27.1 Å². The first-order valence-corrected chi connectivity index (χ1v) is 7.71. The minimum absolute atomic E-state index is 0.193. The maximum atomic E-state index is 10.3.